The molecule has 1 aromatic carbocycles. The Labute approximate surface area is 143 Å². The molecule has 0 radical (unpaired) electrons. The Bertz CT molecular complexity index is 708. The van der Waals surface area contributed by atoms with Crippen LogP contribution in [0.15, 0.2) is 27.1 Å². The summed E-state index contributed by atoms with van der Waals surface area (Å²) in [7, 11) is 0. The zero-order chi connectivity index (χ0) is 16.8. The lowest BCUT2D eigenvalue weighted by atomic mass is 10.1. The number of carbonyl (C=O) groups is 2. The number of amides is 1. The highest BCUT2D eigenvalue weighted by Gasteiger charge is 2.17. The summed E-state index contributed by atoms with van der Waals surface area (Å²) in [6, 6.07) is 5.66. The first-order chi connectivity index (χ1) is 11.0. The van der Waals surface area contributed by atoms with Crippen molar-refractivity contribution in [3.05, 3.63) is 34.0 Å². The Hall–Kier alpha value is -1.82. The van der Waals surface area contributed by atoms with Crippen LogP contribution in [0.3, 0.4) is 0 Å². The molecule has 1 heterocycles. The van der Waals surface area contributed by atoms with E-state index in [2.05, 4.69) is 21.2 Å². The van der Waals surface area contributed by atoms with Crippen molar-refractivity contribution in [1.29, 1.82) is 0 Å². The maximum atomic E-state index is 12.2. The van der Waals surface area contributed by atoms with Gasteiger partial charge in [0.25, 0.3) is 5.91 Å². The molecule has 0 bridgehead atoms. The molecule has 0 spiro atoms. The molecular formula is C17H20BrNO4. The van der Waals surface area contributed by atoms with Gasteiger partial charge >= 0.3 is 5.97 Å². The van der Waals surface area contributed by atoms with E-state index in [0.717, 1.165) is 34.7 Å². The van der Waals surface area contributed by atoms with Gasteiger partial charge in [0.2, 0.25) is 0 Å². The maximum absolute atomic E-state index is 12.2. The lowest BCUT2D eigenvalue weighted by Crippen LogP contribution is -2.24. The molecule has 5 nitrogen and oxygen atoms in total. The second kappa shape index (κ2) is 8.15. The molecule has 2 aromatic rings. The normalized spacial score (nSPS) is 10.9. The number of unbranched alkanes of at least 4 members (excludes halogenated alkanes) is 3. The van der Waals surface area contributed by atoms with E-state index in [1.165, 1.54) is 0 Å². The van der Waals surface area contributed by atoms with Crippen LogP contribution in [-0.4, -0.2) is 23.5 Å². The van der Waals surface area contributed by atoms with Gasteiger partial charge in [-0.05, 0) is 38.0 Å². The standard InChI is InChI=1S/C17H20BrNO4/c1-11-13-10-12(18)7-8-14(13)23-16(11)17(22)19-9-5-3-2-4-6-15(20)21/h7-8,10H,2-6,9H2,1H3,(H,19,22)(H,20,21). The van der Waals surface area contributed by atoms with Crippen molar-refractivity contribution in [2.75, 3.05) is 6.54 Å². The van der Waals surface area contributed by atoms with E-state index in [0.29, 0.717) is 24.3 Å². The Morgan fingerprint density at radius 1 is 1.22 bits per heavy atom. The summed E-state index contributed by atoms with van der Waals surface area (Å²) in [5, 5.41) is 12.3. The molecule has 0 aliphatic carbocycles. The predicted molar refractivity (Wildman–Crippen MR) is 91.7 cm³/mol. The van der Waals surface area contributed by atoms with Gasteiger partial charge in [-0.15, -0.1) is 0 Å². The molecule has 1 aromatic heterocycles. The van der Waals surface area contributed by atoms with Crippen LogP contribution in [0.25, 0.3) is 11.0 Å². The van der Waals surface area contributed by atoms with Gasteiger partial charge in [0, 0.05) is 28.4 Å². The van der Waals surface area contributed by atoms with Gasteiger partial charge in [0.1, 0.15) is 5.58 Å². The molecule has 2 rings (SSSR count). The average molecular weight is 382 g/mol. The number of halogens is 1. The molecule has 0 unspecified atom stereocenters. The number of benzene rings is 1. The minimum absolute atomic E-state index is 0.208. The highest BCUT2D eigenvalue weighted by molar-refractivity contribution is 9.10. The number of aryl methyl sites for hydroxylation is 1. The van der Waals surface area contributed by atoms with Crippen molar-refractivity contribution < 1.29 is 19.1 Å². The summed E-state index contributed by atoms with van der Waals surface area (Å²) in [5.41, 5.74) is 1.53. The number of fused-ring (bicyclic) bond motifs is 1. The third-order valence-electron chi connectivity index (χ3n) is 3.71. The van der Waals surface area contributed by atoms with Gasteiger partial charge in [0.05, 0.1) is 0 Å². The summed E-state index contributed by atoms with van der Waals surface area (Å²) in [6.45, 7) is 2.44. The number of hydrogen-bond donors (Lipinski definition) is 2. The van der Waals surface area contributed by atoms with Crippen LogP contribution in [0.5, 0.6) is 0 Å². The van der Waals surface area contributed by atoms with Crippen molar-refractivity contribution in [2.45, 2.75) is 39.0 Å². The second-order valence-electron chi connectivity index (χ2n) is 5.51. The van der Waals surface area contributed by atoms with Gasteiger partial charge in [-0.25, -0.2) is 0 Å². The first-order valence-corrected chi connectivity index (χ1v) is 8.47. The van der Waals surface area contributed by atoms with Crippen LogP contribution in [-0.2, 0) is 4.79 Å². The van der Waals surface area contributed by atoms with E-state index in [9.17, 15) is 9.59 Å². The van der Waals surface area contributed by atoms with E-state index < -0.39 is 5.97 Å². The number of furan rings is 1. The van der Waals surface area contributed by atoms with Gasteiger partial charge in [-0.3, -0.25) is 9.59 Å². The predicted octanol–water partition coefficient (Wildman–Crippen LogP) is 4.27. The van der Waals surface area contributed by atoms with Crippen molar-refractivity contribution in [2.24, 2.45) is 0 Å². The van der Waals surface area contributed by atoms with Crippen LogP contribution in [0.2, 0.25) is 0 Å². The van der Waals surface area contributed by atoms with Crippen LogP contribution < -0.4 is 5.32 Å². The summed E-state index contributed by atoms with van der Waals surface area (Å²) in [4.78, 5) is 22.6. The van der Waals surface area contributed by atoms with Crippen molar-refractivity contribution >= 4 is 38.8 Å². The van der Waals surface area contributed by atoms with Gasteiger partial charge in [-0.1, -0.05) is 28.8 Å². The number of rotatable bonds is 8. The Kier molecular flexibility index (Phi) is 6.21. The molecule has 6 heteroatoms. The largest absolute Gasteiger partial charge is 0.481 e. The zero-order valence-corrected chi connectivity index (χ0v) is 14.6. The molecule has 2 N–H and O–H groups in total. The summed E-state index contributed by atoms with van der Waals surface area (Å²) in [5.74, 6) is -0.616. The molecule has 0 aliphatic rings. The van der Waals surface area contributed by atoms with Crippen molar-refractivity contribution in [3.8, 4) is 0 Å². The number of hydrogen-bond acceptors (Lipinski definition) is 3. The SMILES string of the molecule is Cc1c(C(=O)NCCCCCCC(=O)O)oc2ccc(Br)cc12. The van der Waals surface area contributed by atoms with Crippen LogP contribution in [0.1, 0.15) is 48.2 Å². The highest BCUT2D eigenvalue weighted by Crippen LogP contribution is 2.27. The zero-order valence-electron chi connectivity index (χ0n) is 13.0. The molecule has 0 saturated heterocycles. The monoisotopic (exact) mass is 381 g/mol. The molecule has 0 saturated carbocycles. The van der Waals surface area contributed by atoms with E-state index >= 15 is 0 Å². The van der Waals surface area contributed by atoms with E-state index in [1.807, 2.05) is 25.1 Å². The first kappa shape index (κ1) is 17.5. The lowest BCUT2D eigenvalue weighted by molar-refractivity contribution is -0.137. The third-order valence-corrected chi connectivity index (χ3v) is 4.20. The van der Waals surface area contributed by atoms with Crippen LogP contribution in [0.4, 0.5) is 0 Å². The molecule has 0 atom stereocenters. The van der Waals surface area contributed by atoms with Crippen LogP contribution in [0, 0.1) is 6.92 Å². The molecule has 23 heavy (non-hydrogen) atoms. The summed E-state index contributed by atoms with van der Waals surface area (Å²) < 4.78 is 6.59. The van der Waals surface area contributed by atoms with Gasteiger partial charge in [-0.2, -0.15) is 0 Å². The molecule has 124 valence electrons. The maximum Gasteiger partial charge on any atom is 0.303 e. The lowest BCUT2D eigenvalue weighted by Gasteiger charge is -2.03. The van der Waals surface area contributed by atoms with Crippen molar-refractivity contribution in [3.63, 3.8) is 0 Å². The molecule has 0 aliphatic heterocycles. The number of nitrogens with one attached hydrogen (secondary N) is 1. The number of carboxylic acids is 1. The van der Waals surface area contributed by atoms with Crippen molar-refractivity contribution in [1.82, 2.24) is 5.32 Å². The number of carboxylic acid groups (broad SMARTS) is 1. The number of carbonyl (C=O) groups excluding carboxylic acids is 1. The molecule has 0 fully saturated rings. The highest BCUT2D eigenvalue weighted by atomic mass is 79.9. The van der Waals surface area contributed by atoms with E-state index in [1.54, 1.807) is 0 Å². The molecular weight excluding hydrogens is 362 g/mol. The second-order valence-corrected chi connectivity index (χ2v) is 6.43. The van der Waals surface area contributed by atoms with E-state index in [4.69, 9.17) is 9.52 Å². The molecule has 1 amide bonds. The third kappa shape index (κ3) is 4.82. The summed E-state index contributed by atoms with van der Waals surface area (Å²) >= 11 is 3.41. The summed E-state index contributed by atoms with van der Waals surface area (Å²) in [6.07, 6.45) is 3.48. The quantitative estimate of drug-likeness (QED) is 0.669. The smallest absolute Gasteiger partial charge is 0.303 e. The fourth-order valence-corrected chi connectivity index (χ4v) is 2.81. The Balaban J connectivity index is 1.82. The van der Waals surface area contributed by atoms with Crippen LogP contribution >= 0.6 is 15.9 Å². The average Bonchev–Trinajstić information content (AvgIpc) is 2.83. The topological polar surface area (TPSA) is 79.5 Å². The minimum atomic E-state index is -0.759. The fraction of sp³-hybridized carbons (Fsp3) is 0.412. The van der Waals surface area contributed by atoms with Gasteiger partial charge < -0.3 is 14.8 Å². The Morgan fingerprint density at radius 3 is 2.70 bits per heavy atom. The minimum Gasteiger partial charge on any atom is -0.481 e. The first-order valence-electron chi connectivity index (χ1n) is 7.67. The fourth-order valence-electron chi connectivity index (χ4n) is 2.45. The van der Waals surface area contributed by atoms with E-state index in [-0.39, 0.29) is 12.3 Å². The van der Waals surface area contributed by atoms with Gasteiger partial charge in [0.15, 0.2) is 5.76 Å². The number of aliphatic carboxylic acids is 1. The Morgan fingerprint density at radius 2 is 1.96 bits per heavy atom.